The van der Waals surface area contributed by atoms with E-state index in [0.29, 0.717) is 11.3 Å². The second-order valence-corrected chi connectivity index (χ2v) is 10.2. The number of fused-ring (bicyclic) bond motifs is 1. The van der Waals surface area contributed by atoms with E-state index in [4.69, 9.17) is 21.1 Å². The Kier molecular flexibility index (Phi) is 7.18. The van der Waals surface area contributed by atoms with Crippen molar-refractivity contribution in [2.24, 2.45) is 0 Å². The van der Waals surface area contributed by atoms with Gasteiger partial charge in [0.05, 0.1) is 9.67 Å². The molecule has 0 radical (unpaired) electrons. The van der Waals surface area contributed by atoms with Crippen LogP contribution in [0.1, 0.15) is 12.5 Å². The Balaban J connectivity index is 1.36. The van der Waals surface area contributed by atoms with Gasteiger partial charge in [-0.25, -0.2) is 4.79 Å². The zero-order valence-corrected chi connectivity index (χ0v) is 20.2. The van der Waals surface area contributed by atoms with E-state index < -0.39 is 44.9 Å². The number of non-ortho nitro benzene ring substituents is 1. The summed E-state index contributed by atoms with van der Waals surface area (Å²) in [5, 5.41) is 13.0. The van der Waals surface area contributed by atoms with E-state index in [1.807, 2.05) is 6.07 Å². The molecule has 0 unspecified atom stereocenters. The molecular weight excluding hydrogens is 498 g/mol. The Bertz CT molecular complexity index is 1130. The molecule has 10 nitrogen and oxygen atoms in total. The van der Waals surface area contributed by atoms with Crippen LogP contribution in [0.5, 0.6) is 5.75 Å². The van der Waals surface area contributed by atoms with E-state index in [9.17, 15) is 24.5 Å². The summed E-state index contributed by atoms with van der Waals surface area (Å²) in [5.41, 5.74) is 0.496. The lowest BCUT2D eigenvalue weighted by atomic mass is 9.95. The average Bonchev–Trinajstić information content (AvgIpc) is 3.15. The minimum atomic E-state index is -0.936. The number of benzene rings is 2. The standard InChI is InChI=1S/C23H22ClN3O7S/c1-23(13-24)19(22(30)34-11-14-7-9-15(10-8-14)27(31)32)26-20(29)18(21(26)35-23)25-17(28)12-33-16-5-3-2-4-6-16/h2-10,18-19,21H,11-13H2,1H3,(H,25,28)/t18-,19+,21-,23+/m1/s1. The van der Waals surface area contributed by atoms with Crippen LogP contribution in [0.15, 0.2) is 54.6 Å². The number of alkyl halides is 1. The summed E-state index contributed by atoms with van der Waals surface area (Å²) in [6.45, 7) is 1.41. The van der Waals surface area contributed by atoms with Crippen LogP contribution >= 0.6 is 23.4 Å². The van der Waals surface area contributed by atoms with Crippen molar-refractivity contribution >= 4 is 46.8 Å². The number of thioether (sulfide) groups is 1. The number of nitrogens with zero attached hydrogens (tertiary/aromatic N) is 2. The number of nitro benzene ring substituents is 1. The van der Waals surface area contributed by atoms with Gasteiger partial charge in [-0.2, -0.15) is 0 Å². The summed E-state index contributed by atoms with van der Waals surface area (Å²) in [5.74, 6) is -0.879. The molecule has 0 spiro atoms. The summed E-state index contributed by atoms with van der Waals surface area (Å²) >= 11 is 7.53. The average molecular weight is 520 g/mol. The zero-order chi connectivity index (χ0) is 25.2. The van der Waals surface area contributed by atoms with Crippen molar-refractivity contribution in [3.05, 3.63) is 70.3 Å². The molecule has 2 fully saturated rings. The van der Waals surface area contributed by atoms with Crippen LogP contribution in [0.25, 0.3) is 0 Å². The second kappa shape index (κ2) is 10.1. The predicted molar refractivity (Wildman–Crippen MR) is 128 cm³/mol. The monoisotopic (exact) mass is 519 g/mol. The number of hydrogen-bond acceptors (Lipinski definition) is 8. The van der Waals surface area contributed by atoms with E-state index >= 15 is 0 Å². The number of hydrogen-bond donors (Lipinski definition) is 1. The maximum absolute atomic E-state index is 13.0. The lowest BCUT2D eigenvalue weighted by Gasteiger charge is -2.43. The molecule has 4 atom stereocenters. The molecule has 4 rings (SSSR count). The Hall–Kier alpha value is -3.31. The van der Waals surface area contributed by atoms with Crippen molar-refractivity contribution in [3.8, 4) is 5.75 Å². The predicted octanol–water partition coefficient (Wildman–Crippen LogP) is 2.48. The number of esters is 1. The van der Waals surface area contributed by atoms with Gasteiger partial charge in [0.2, 0.25) is 5.91 Å². The molecule has 0 saturated carbocycles. The van der Waals surface area contributed by atoms with Gasteiger partial charge >= 0.3 is 5.97 Å². The van der Waals surface area contributed by atoms with Crippen molar-refractivity contribution in [1.29, 1.82) is 0 Å². The van der Waals surface area contributed by atoms with E-state index in [2.05, 4.69) is 5.32 Å². The molecule has 2 aliphatic rings. The molecule has 35 heavy (non-hydrogen) atoms. The fourth-order valence-corrected chi connectivity index (χ4v) is 5.90. The van der Waals surface area contributed by atoms with Gasteiger partial charge in [-0.15, -0.1) is 23.4 Å². The highest BCUT2D eigenvalue weighted by Gasteiger charge is 2.65. The molecule has 2 saturated heterocycles. The number of carbonyl (C=O) groups excluding carboxylic acids is 3. The first-order valence-electron chi connectivity index (χ1n) is 10.7. The normalized spacial score (nSPS) is 24.8. The van der Waals surface area contributed by atoms with Crippen LogP contribution in [0.4, 0.5) is 5.69 Å². The van der Waals surface area contributed by atoms with Gasteiger partial charge < -0.3 is 19.7 Å². The van der Waals surface area contributed by atoms with E-state index in [1.54, 1.807) is 31.2 Å². The first-order chi connectivity index (χ1) is 16.7. The van der Waals surface area contributed by atoms with Crippen LogP contribution in [-0.4, -0.2) is 62.3 Å². The molecule has 1 N–H and O–H groups in total. The highest BCUT2D eigenvalue weighted by molar-refractivity contribution is 8.01. The van der Waals surface area contributed by atoms with Crippen LogP contribution in [0, 0.1) is 10.1 Å². The summed E-state index contributed by atoms with van der Waals surface area (Å²) in [7, 11) is 0. The number of para-hydroxylation sites is 1. The zero-order valence-electron chi connectivity index (χ0n) is 18.6. The third-order valence-corrected chi connectivity index (χ3v) is 8.13. The number of β-lactam (4-membered cyclic amide) rings is 1. The smallest absolute Gasteiger partial charge is 0.330 e. The van der Waals surface area contributed by atoms with Gasteiger partial charge in [0.15, 0.2) is 6.61 Å². The topological polar surface area (TPSA) is 128 Å². The van der Waals surface area contributed by atoms with Gasteiger partial charge in [-0.05, 0) is 36.8 Å². The molecule has 2 aromatic rings. The molecule has 2 aliphatic heterocycles. The molecular formula is C23H22ClN3O7S. The number of nitro groups is 1. The lowest BCUT2D eigenvalue weighted by molar-refractivity contribution is -0.384. The first-order valence-corrected chi connectivity index (χ1v) is 12.1. The lowest BCUT2D eigenvalue weighted by Crippen LogP contribution is -2.71. The molecule has 0 bridgehead atoms. The summed E-state index contributed by atoms with van der Waals surface area (Å²) in [6, 6.07) is 12.7. The highest BCUT2D eigenvalue weighted by Crippen LogP contribution is 2.51. The summed E-state index contributed by atoms with van der Waals surface area (Å²) < 4.78 is 10.0. The number of amides is 2. The largest absolute Gasteiger partial charge is 0.484 e. The summed E-state index contributed by atoms with van der Waals surface area (Å²) in [4.78, 5) is 49.9. The molecule has 2 aromatic carbocycles. The maximum Gasteiger partial charge on any atom is 0.330 e. The molecule has 0 aliphatic carbocycles. The minimum absolute atomic E-state index is 0.0711. The van der Waals surface area contributed by atoms with E-state index in [0.717, 1.165) is 0 Å². The van der Waals surface area contributed by atoms with Gasteiger partial charge in [-0.3, -0.25) is 19.7 Å². The minimum Gasteiger partial charge on any atom is -0.484 e. The first kappa shape index (κ1) is 24.8. The van der Waals surface area contributed by atoms with Gasteiger partial charge in [0, 0.05) is 18.0 Å². The Morgan fingerprint density at radius 1 is 1.20 bits per heavy atom. The Labute approximate surface area is 210 Å². The van der Waals surface area contributed by atoms with Gasteiger partial charge in [0.1, 0.15) is 29.8 Å². The number of carbonyl (C=O) groups is 3. The third-order valence-electron chi connectivity index (χ3n) is 5.77. The quantitative estimate of drug-likeness (QED) is 0.176. The highest BCUT2D eigenvalue weighted by atomic mass is 35.5. The molecule has 184 valence electrons. The van der Waals surface area contributed by atoms with Crippen LogP contribution < -0.4 is 10.1 Å². The fraction of sp³-hybridized carbons (Fsp3) is 0.348. The number of ether oxygens (including phenoxy) is 2. The van der Waals surface area contributed by atoms with Crippen molar-refractivity contribution < 1.29 is 28.8 Å². The fourth-order valence-electron chi connectivity index (χ4n) is 3.95. The van der Waals surface area contributed by atoms with E-state index in [-0.39, 0.29) is 24.8 Å². The SMILES string of the molecule is C[C@@]1(CCl)S[C@@H]2[C@H](NC(=O)COc3ccccc3)C(=O)N2[C@H]1C(=O)OCc1ccc([N+](=O)[O-])cc1. The number of halogens is 1. The van der Waals surface area contributed by atoms with Crippen molar-refractivity contribution in [2.75, 3.05) is 12.5 Å². The van der Waals surface area contributed by atoms with Crippen molar-refractivity contribution in [2.45, 2.75) is 35.7 Å². The molecule has 12 heteroatoms. The molecule has 2 amide bonds. The van der Waals surface area contributed by atoms with Crippen LogP contribution in [0.2, 0.25) is 0 Å². The second-order valence-electron chi connectivity index (χ2n) is 8.28. The number of rotatable bonds is 9. The molecule has 2 heterocycles. The Morgan fingerprint density at radius 3 is 2.51 bits per heavy atom. The van der Waals surface area contributed by atoms with Gasteiger partial charge in [0.25, 0.3) is 11.6 Å². The van der Waals surface area contributed by atoms with Crippen molar-refractivity contribution in [1.82, 2.24) is 10.2 Å². The van der Waals surface area contributed by atoms with E-state index in [1.165, 1.54) is 40.9 Å². The Morgan fingerprint density at radius 2 is 1.89 bits per heavy atom. The molecule has 0 aromatic heterocycles. The summed E-state index contributed by atoms with van der Waals surface area (Å²) in [6.07, 6.45) is 0. The van der Waals surface area contributed by atoms with Crippen LogP contribution in [0.3, 0.4) is 0 Å². The number of nitrogens with one attached hydrogen (secondary N) is 1. The third kappa shape index (κ3) is 5.06. The van der Waals surface area contributed by atoms with Gasteiger partial charge in [-0.1, -0.05) is 18.2 Å². The van der Waals surface area contributed by atoms with Crippen molar-refractivity contribution in [3.63, 3.8) is 0 Å². The maximum atomic E-state index is 13.0. The van der Waals surface area contributed by atoms with Crippen LogP contribution in [-0.2, 0) is 25.7 Å².